The van der Waals surface area contributed by atoms with Crippen LogP contribution in [0.1, 0.15) is 22.1 Å². The Morgan fingerprint density at radius 2 is 1.81 bits per heavy atom. The first-order valence-corrected chi connectivity index (χ1v) is 8.55. The Morgan fingerprint density at radius 1 is 1.00 bits per heavy atom. The number of methoxy groups -OCH3 is 2. The van der Waals surface area contributed by atoms with Gasteiger partial charge in [0.2, 0.25) is 0 Å². The first-order chi connectivity index (χ1) is 13.2. The lowest BCUT2D eigenvalue weighted by atomic mass is 10.1. The summed E-state index contributed by atoms with van der Waals surface area (Å²) >= 11 is 0. The number of amides is 1. The van der Waals surface area contributed by atoms with E-state index >= 15 is 0 Å². The van der Waals surface area contributed by atoms with Gasteiger partial charge >= 0.3 is 0 Å². The maximum absolute atomic E-state index is 13.0. The van der Waals surface area contributed by atoms with Crippen LogP contribution in [0.4, 0.5) is 11.5 Å². The highest BCUT2D eigenvalue weighted by Gasteiger charge is 2.38. The number of nitrogens with one attached hydrogen (secondary N) is 1. The van der Waals surface area contributed by atoms with Gasteiger partial charge in [-0.05, 0) is 30.3 Å². The molecule has 6 nitrogen and oxygen atoms in total. The molecule has 4 rings (SSSR count). The van der Waals surface area contributed by atoms with Crippen LogP contribution in [0.3, 0.4) is 0 Å². The minimum atomic E-state index is -0.397. The third-order valence-electron chi connectivity index (χ3n) is 4.56. The molecule has 2 aromatic carbocycles. The number of fused-ring (bicyclic) bond motifs is 1. The Labute approximate surface area is 157 Å². The number of ether oxygens (including phenoxy) is 2. The summed E-state index contributed by atoms with van der Waals surface area (Å²) in [6.07, 6.45) is 1.28. The Kier molecular flexibility index (Phi) is 4.38. The van der Waals surface area contributed by atoms with Gasteiger partial charge in [0.1, 0.15) is 23.5 Å². The number of benzene rings is 2. The lowest BCUT2D eigenvalue weighted by Crippen LogP contribution is -2.33. The molecule has 27 heavy (non-hydrogen) atoms. The van der Waals surface area contributed by atoms with Gasteiger partial charge in [0.05, 0.1) is 19.9 Å². The van der Waals surface area contributed by atoms with E-state index < -0.39 is 6.17 Å². The highest BCUT2D eigenvalue weighted by molar-refractivity contribution is 6.11. The van der Waals surface area contributed by atoms with Gasteiger partial charge in [-0.1, -0.05) is 24.3 Å². The summed E-state index contributed by atoms with van der Waals surface area (Å²) in [5, 5.41) is 3.43. The third-order valence-corrected chi connectivity index (χ3v) is 4.56. The molecule has 0 spiro atoms. The molecular weight excluding hydrogens is 342 g/mol. The molecule has 1 N–H and O–H groups in total. The normalized spacial score (nSPS) is 15.4. The van der Waals surface area contributed by atoms with Gasteiger partial charge in [0.15, 0.2) is 0 Å². The minimum absolute atomic E-state index is 0.0886. The van der Waals surface area contributed by atoms with E-state index in [-0.39, 0.29) is 5.91 Å². The predicted molar refractivity (Wildman–Crippen MR) is 103 cm³/mol. The molecule has 1 aliphatic heterocycles. The van der Waals surface area contributed by atoms with Crippen LogP contribution in [0.5, 0.6) is 11.5 Å². The van der Waals surface area contributed by atoms with Crippen LogP contribution in [-0.2, 0) is 0 Å². The molecule has 1 aliphatic rings. The minimum Gasteiger partial charge on any atom is -0.497 e. The lowest BCUT2D eigenvalue weighted by molar-refractivity contribution is 0.0992. The van der Waals surface area contributed by atoms with Crippen molar-refractivity contribution in [3.05, 3.63) is 78.0 Å². The molecule has 0 saturated heterocycles. The van der Waals surface area contributed by atoms with Crippen LogP contribution >= 0.6 is 0 Å². The monoisotopic (exact) mass is 361 g/mol. The lowest BCUT2D eigenvalue weighted by Gasteiger charge is -2.27. The number of aromatic nitrogens is 1. The maximum Gasteiger partial charge on any atom is 0.261 e. The number of nitrogens with zero attached hydrogens (tertiary/aromatic N) is 2. The van der Waals surface area contributed by atoms with Crippen LogP contribution in [0.2, 0.25) is 0 Å². The van der Waals surface area contributed by atoms with Crippen LogP contribution < -0.4 is 19.7 Å². The van der Waals surface area contributed by atoms with Crippen LogP contribution in [0.15, 0.2) is 66.9 Å². The van der Waals surface area contributed by atoms with Gasteiger partial charge in [-0.3, -0.25) is 9.69 Å². The van der Waals surface area contributed by atoms with Gasteiger partial charge < -0.3 is 14.8 Å². The fourth-order valence-corrected chi connectivity index (χ4v) is 3.26. The maximum atomic E-state index is 13.0. The van der Waals surface area contributed by atoms with E-state index in [2.05, 4.69) is 10.3 Å². The molecule has 136 valence electrons. The highest BCUT2D eigenvalue weighted by Crippen LogP contribution is 2.39. The predicted octanol–water partition coefficient (Wildman–Crippen LogP) is 3.87. The summed E-state index contributed by atoms with van der Waals surface area (Å²) in [7, 11) is 3.21. The van der Waals surface area contributed by atoms with Gasteiger partial charge in [-0.15, -0.1) is 0 Å². The fraction of sp³-hybridized carbons (Fsp3) is 0.143. The summed E-state index contributed by atoms with van der Waals surface area (Å²) in [5.41, 5.74) is 2.31. The van der Waals surface area contributed by atoms with Crippen molar-refractivity contribution in [1.29, 1.82) is 0 Å². The van der Waals surface area contributed by atoms with Gasteiger partial charge in [0.25, 0.3) is 5.91 Å². The summed E-state index contributed by atoms with van der Waals surface area (Å²) in [5.74, 6) is 1.83. The number of hydrogen-bond donors (Lipinski definition) is 1. The van der Waals surface area contributed by atoms with Crippen molar-refractivity contribution >= 4 is 17.4 Å². The summed E-state index contributed by atoms with van der Waals surface area (Å²) in [6, 6.07) is 18.6. The summed E-state index contributed by atoms with van der Waals surface area (Å²) < 4.78 is 10.8. The topological polar surface area (TPSA) is 63.7 Å². The average molecular weight is 361 g/mol. The highest BCUT2D eigenvalue weighted by atomic mass is 16.5. The molecule has 0 radical (unpaired) electrons. The Morgan fingerprint density at radius 3 is 2.56 bits per heavy atom. The van der Waals surface area contributed by atoms with E-state index in [4.69, 9.17) is 9.47 Å². The number of anilines is 2. The van der Waals surface area contributed by atoms with E-state index in [9.17, 15) is 4.79 Å². The van der Waals surface area contributed by atoms with Crippen LogP contribution in [0, 0.1) is 0 Å². The first kappa shape index (κ1) is 16.9. The van der Waals surface area contributed by atoms with Crippen LogP contribution in [0.25, 0.3) is 0 Å². The number of carbonyl (C=O) groups is 1. The second kappa shape index (κ2) is 6.99. The molecule has 6 heteroatoms. The molecule has 2 heterocycles. The van der Waals surface area contributed by atoms with Gasteiger partial charge in [-0.2, -0.15) is 0 Å². The number of hydrogen-bond acceptors (Lipinski definition) is 5. The van der Waals surface area contributed by atoms with Crippen molar-refractivity contribution in [1.82, 2.24) is 4.98 Å². The van der Waals surface area contributed by atoms with Gasteiger partial charge in [-0.25, -0.2) is 4.98 Å². The van der Waals surface area contributed by atoms with Crippen molar-refractivity contribution < 1.29 is 14.3 Å². The summed E-state index contributed by atoms with van der Waals surface area (Å²) in [6.45, 7) is 0. The van der Waals surface area contributed by atoms with Crippen molar-refractivity contribution in [2.45, 2.75) is 6.17 Å². The second-order valence-electron chi connectivity index (χ2n) is 6.06. The second-order valence-corrected chi connectivity index (χ2v) is 6.06. The zero-order valence-electron chi connectivity index (χ0n) is 15.0. The quantitative estimate of drug-likeness (QED) is 0.747. The molecule has 1 atom stereocenters. The molecule has 0 bridgehead atoms. The van der Waals surface area contributed by atoms with E-state index in [1.54, 1.807) is 31.4 Å². The largest absolute Gasteiger partial charge is 0.497 e. The molecule has 3 aromatic rings. The molecule has 1 amide bonds. The van der Waals surface area contributed by atoms with Crippen molar-refractivity contribution in [2.24, 2.45) is 0 Å². The van der Waals surface area contributed by atoms with Crippen LogP contribution in [-0.4, -0.2) is 25.1 Å². The third kappa shape index (κ3) is 2.95. The molecule has 0 fully saturated rings. The average Bonchev–Trinajstić information content (AvgIpc) is 3.01. The number of pyridine rings is 1. The van der Waals surface area contributed by atoms with Crippen molar-refractivity contribution in [3.63, 3.8) is 0 Å². The Bertz CT molecular complexity index is 975. The van der Waals surface area contributed by atoms with E-state index in [0.29, 0.717) is 22.9 Å². The Balaban J connectivity index is 1.78. The molecule has 1 aromatic heterocycles. The molecule has 0 aliphatic carbocycles. The molecule has 0 saturated carbocycles. The zero-order valence-corrected chi connectivity index (χ0v) is 15.0. The van der Waals surface area contributed by atoms with E-state index in [0.717, 1.165) is 11.3 Å². The Hall–Kier alpha value is -3.54. The van der Waals surface area contributed by atoms with E-state index in [1.165, 1.54) is 0 Å². The SMILES string of the molecule is COc1ccc(N[C@H]2c3ccccc3C(=O)N2c2ccccn2)c(OC)c1. The number of rotatable bonds is 5. The van der Waals surface area contributed by atoms with E-state index in [1.807, 2.05) is 54.6 Å². The fourth-order valence-electron chi connectivity index (χ4n) is 3.26. The van der Waals surface area contributed by atoms with Crippen molar-refractivity contribution in [2.75, 3.05) is 24.4 Å². The summed E-state index contributed by atoms with van der Waals surface area (Å²) in [4.78, 5) is 19.1. The molecule has 0 unspecified atom stereocenters. The first-order valence-electron chi connectivity index (χ1n) is 8.55. The number of carbonyl (C=O) groups excluding carboxylic acids is 1. The standard InChI is InChI=1S/C21H19N3O3/c1-26-14-10-11-17(18(13-14)27-2)23-20-15-7-3-4-8-16(15)21(25)24(20)19-9-5-6-12-22-19/h3-13,20,23H,1-2H3/t20-/m1/s1. The van der Waals surface area contributed by atoms with Gasteiger partial charge in [0, 0.05) is 23.4 Å². The molecular formula is C21H19N3O3. The zero-order chi connectivity index (χ0) is 18.8. The van der Waals surface area contributed by atoms with Crippen molar-refractivity contribution in [3.8, 4) is 11.5 Å². The smallest absolute Gasteiger partial charge is 0.261 e.